The quantitative estimate of drug-likeness (QED) is 0.558. The number of ether oxygens (including phenoxy) is 1. The van der Waals surface area contributed by atoms with Crippen molar-refractivity contribution >= 4 is 23.8 Å². The Hall–Kier alpha value is -1.50. The van der Waals surface area contributed by atoms with Crippen LogP contribution in [0.1, 0.15) is 10.6 Å². The molecule has 1 rings (SSSR count). The molecule has 0 spiro atoms. The highest BCUT2D eigenvalue weighted by molar-refractivity contribution is 7.07. The first-order valence-corrected chi connectivity index (χ1v) is 4.17. The lowest BCUT2D eigenvalue weighted by atomic mass is 10.4. The standard InChI is InChI=1S/C6H8N4O2S/c1-4-5(13-10-8-4)3-7-9-6(11)12-2/h3H,1-2H3,(H,9,11)/b7-3+. The van der Waals surface area contributed by atoms with Gasteiger partial charge in [-0.3, -0.25) is 0 Å². The number of amides is 1. The molecule has 0 atom stereocenters. The summed E-state index contributed by atoms with van der Waals surface area (Å²) in [7, 11) is 1.27. The second-order valence-corrected chi connectivity index (χ2v) is 2.87. The molecular weight excluding hydrogens is 192 g/mol. The molecule has 0 unspecified atom stereocenters. The summed E-state index contributed by atoms with van der Waals surface area (Å²) in [6.07, 6.45) is 0.864. The first kappa shape index (κ1) is 9.59. The van der Waals surface area contributed by atoms with Crippen LogP contribution < -0.4 is 5.43 Å². The molecule has 1 amide bonds. The Bertz CT molecular complexity index is 322. The molecule has 0 saturated carbocycles. The first-order valence-electron chi connectivity index (χ1n) is 3.40. The number of aryl methyl sites for hydroxylation is 1. The van der Waals surface area contributed by atoms with Gasteiger partial charge in [0.15, 0.2) is 0 Å². The Balaban J connectivity index is 2.50. The average Bonchev–Trinajstić information content (AvgIpc) is 2.52. The van der Waals surface area contributed by atoms with Crippen LogP contribution in [0.3, 0.4) is 0 Å². The molecule has 0 saturated heterocycles. The van der Waals surface area contributed by atoms with Crippen LogP contribution in [-0.2, 0) is 4.74 Å². The highest BCUT2D eigenvalue weighted by atomic mass is 32.1. The van der Waals surface area contributed by atoms with E-state index in [0.29, 0.717) is 0 Å². The van der Waals surface area contributed by atoms with Gasteiger partial charge >= 0.3 is 6.09 Å². The number of rotatable bonds is 2. The van der Waals surface area contributed by atoms with Gasteiger partial charge in [0.1, 0.15) is 0 Å². The van der Waals surface area contributed by atoms with Gasteiger partial charge in [0.2, 0.25) is 0 Å². The zero-order valence-electron chi connectivity index (χ0n) is 7.14. The highest BCUT2D eigenvalue weighted by Gasteiger charge is 1.99. The Labute approximate surface area is 78.8 Å². The summed E-state index contributed by atoms with van der Waals surface area (Å²) in [5, 5.41) is 7.39. The fourth-order valence-corrected chi connectivity index (χ4v) is 1.07. The van der Waals surface area contributed by atoms with Crippen molar-refractivity contribution in [2.75, 3.05) is 7.11 Å². The van der Waals surface area contributed by atoms with E-state index in [1.54, 1.807) is 0 Å². The summed E-state index contributed by atoms with van der Waals surface area (Å²) in [5.41, 5.74) is 2.94. The van der Waals surface area contributed by atoms with Crippen LogP contribution in [-0.4, -0.2) is 29.0 Å². The summed E-state index contributed by atoms with van der Waals surface area (Å²) >= 11 is 1.21. The van der Waals surface area contributed by atoms with Crippen molar-refractivity contribution in [3.05, 3.63) is 10.6 Å². The molecular formula is C6H8N4O2S. The molecule has 1 heterocycles. The van der Waals surface area contributed by atoms with Crippen molar-refractivity contribution in [1.82, 2.24) is 15.0 Å². The van der Waals surface area contributed by atoms with Crippen LogP contribution in [0.2, 0.25) is 0 Å². The lowest BCUT2D eigenvalue weighted by Crippen LogP contribution is -2.16. The van der Waals surface area contributed by atoms with Crippen molar-refractivity contribution in [3.63, 3.8) is 0 Å². The van der Waals surface area contributed by atoms with Gasteiger partial charge in [-0.25, -0.2) is 10.2 Å². The van der Waals surface area contributed by atoms with E-state index in [1.807, 2.05) is 6.92 Å². The van der Waals surface area contributed by atoms with Gasteiger partial charge in [0, 0.05) is 0 Å². The lowest BCUT2D eigenvalue weighted by Gasteiger charge is -1.93. The second kappa shape index (κ2) is 4.51. The molecule has 0 bridgehead atoms. The molecule has 7 heteroatoms. The fraction of sp³-hybridized carbons (Fsp3) is 0.333. The number of nitrogens with one attached hydrogen (secondary N) is 1. The molecule has 70 valence electrons. The van der Waals surface area contributed by atoms with Crippen LogP contribution in [0.15, 0.2) is 5.10 Å². The Morgan fingerprint density at radius 3 is 3.08 bits per heavy atom. The van der Waals surface area contributed by atoms with Gasteiger partial charge in [-0.2, -0.15) is 5.10 Å². The van der Waals surface area contributed by atoms with E-state index < -0.39 is 6.09 Å². The van der Waals surface area contributed by atoms with E-state index in [-0.39, 0.29) is 0 Å². The molecule has 0 aliphatic carbocycles. The van der Waals surface area contributed by atoms with E-state index in [0.717, 1.165) is 10.6 Å². The molecule has 0 aliphatic heterocycles. The topological polar surface area (TPSA) is 76.5 Å². The molecule has 0 radical (unpaired) electrons. The highest BCUT2D eigenvalue weighted by Crippen LogP contribution is 2.04. The summed E-state index contributed by atoms with van der Waals surface area (Å²) in [6.45, 7) is 1.81. The minimum atomic E-state index is -0.605. The minimum Gasteiger partial charge on any atom is -0.452 e. The zero-order chi connectivity index (χ0) is 9.68. The molecule has 0 aliphatic rings. The predicted octanol–water partition coefficient (Wildman–Crippen LogP) is 0.536. The van der Waals surface area contributed by atoms with Crippen LogP contribution in [0, 0.1) is 6.92 Å². The zero-order valence-corrected chi connectivity index (χ0v) is 7.96. The van der Waals surface area contributed by atoms with Crippen molar-refractivity contribution in [1.29, 1.82) is 0 Å². The second-order valence-electron chi connectivity index (χ2n) is 2.08. The Morgan fingerprint density at radius 2 is 2.54 bits per heavy atom. The third-order valence-corrected chi connectivity index (χ3v) is 1.97. The summed E-state index contributed by atoms with van der Waals surface area (Å²) in [6, 6.07) is 0. The molecule has 13 heavy (non-hydrogen) atoms. The summed E-state index contributed by atoms with van der Waals surface area (Å²) < 4.78 is 8.00. The lowest BCUT2D eigenvalue weighted by molar-refractivity contribution is 0.171. The maximum atomic E-state index is 10.6. The van der Waals surface area contributed by atoms with E-state index in [9.17, 15) is 4.79 Å². The number of hydrogen-bond acceptors (Lipinski definition) is 6. The monoisotopic (exact) mass is 200 g/mol. The van der Waals surface area contributed by atoms with Gasteiger partial charge in [-0.05, 0) is 18.5 Å². The normalized spacial score (nSPS) is 10.3. The molecule has 0 fully saturated rings. The third kappa shape index (κ3) is 2.79. The number of nitrogens with zero attached hydrogens (tertiary/aromatic N) is 3. The van der Waals surface area contributed by atoms with E-state index in [1.165, 1.54) is 24.9 Å². The van der Waals surface area contributed by atoms with Gasteiger partial charge in [0.25, 0.3) is 0 Å². The van der Waals surface area contributed by atoms with E-state index >= 15 is 0 Å². The van der Waals surface area contributed by atoms with Gasteiger partial charge < -0.3 is 4.74 Å². The molecule has 1 aromatic rings. The molecule has 6 nitrogen and oxygen atoms in total. The van der Waals surface area contributed by atoms with Gasteiger partial charge in [0.05, 0.1) is 23.9 Å². The van der Waals surface area contributed by atoms with Crippen LogP contribution in [0.4, 0.5) is 4.79 Å². The molecule has 1 N–H and O–H groups in total. The maximum Gasteiger partial charge on any atom is 0.427 e. The van der Waals surface area contributed by atoms with E-state index in [2.05, 4.69) is 24.9 Å². The first-order chi connectivity index (χ1) is 6.24. The number of carbonyl (C=O) groups excluding carboxylic acids is 1. The van der Waals surface area contributed by atoms with Crippen LogP contribution in [0.25, 0.3) is 0 Å². The maximum absolute atomic E-state index is 10.6. The number of hydrogen-bond donors (Lipinski definition) is 1. The van der Waals surface area contributed by atoms with Crippen molar-refractivity contribution < 1.29 is 9.53 Å². The number of hydrazone groups is 1. The molecule has 0 aromatic carbocycles. The van der Waals surface area contributed by atoms with Crippen LogP contribution >= 0.6 is 11.5 Å². The fourth-order valence-electron chi connectivity index (χ4n) is 0.547. The number of methoxy groups -OCH3 is 1. The van der Waals surface area contributed by atoms with Crippen molar-refractivity contribution in [3.8, 4) is 0 Å². The van der Waals surface area contributed by atoms with Crippen molar-refractivity contribution in [2.45, 2.75) is 6.92 Å². The minimum absolute atomic E-state index is 0.605. The summed E-state index contributed by atoms with van der Waals surface area (Å²) in [5.74, 6) is 0. The molecule has 1 aromatic heterocycles. The SMILES string of the molecule is COC(=O)N/N=C/c1snnc1C. The third-order valence-electron chi connectivity index (χ3n) is 1.21. The summed E-state index contributed by atoms with van der Waals surface area (Å²) in [4.78, 5) is 11.4. The Morgan fingerprint density at radius 1 is 1.77 bits per heavy atom. The van der Waals surface area contributed by atoms with Gasteiger partial charge in [-0.15, -0.1) is 5.10 Å². The van der Waals surface area contributed by atoms with Gasteiger partial charge in [-0.1, -0.05) is 4.49 Å². The average molecular weight is 200 g/mol. The number of carbonyl (C=O) groups is 1. The predicted molar refractivity (Wildman–Crippen MR) is 47.8 cm³/mol. The largest absolute Gasteiger partial charge is 0.452 e. The van der Waals surface area contributed by atoms with Crippen LogP contribution in [0.5, 0.6) is 0 Å². The Kier molecular flexibility index (Phi) is 3.32. The van der Waals surface area contributed by atoms with E-state index in [4.69, 9.17) is 0 Å². The van der Waals surface area contributed by atoms with Crippen molar-refractivity contribution in [2.24, 2.45) is 5.10 Å². The number of aromatic nitrogens is 2. The smallest absolute Gasteiger partial charge is 0.427 e.